The van der Waals surface area contributed by atoms with E-state index in [9.17, 15) is 24.9 Å². The molecule has 1 heterocycles. The predicted molar refractivity (Wildman–Crippen MR) is 151 cm³/mol. The molecule has 0 fully saturated rings. The molecule has 3 aromatic rings. The summed E-state index contributed by atoms with van der Waals surface area (Å²) in [5.41, 5.74) is 4.55. The molecule has 0 aromatic heterocycles. The first-order chi connectivity index (χ1) is 18.7. The Hall–Kier alpha value is -3.80. The Kier molecular flexibility index (Phi) is 8.34. The van der Waals surface area contributed by atoms with E-state index < -0.39 is 17.5 Å². The maximum Gasteiger partial charge on any atom is 0.340 e. The third-order valence-corrected chi connectivity index (χ3v) is 7.68. The monoisotopic (exact) mass is 530 g/mol. The number of aromatic hydroxyl groups is 2. The zero-order valence-electron chi connectivity index (χ0n) is 23.3. The van der Waals surface area contributed by atoms with Crippen LogP contribution in [-0.2, 0) is 36.0 Å². The number of rotatable bonds is 11. The smallest absolute Gasteiger partial charge is 0.340 e. The van der Waals surface area contributed by atoms with Crippen LogP contribution in [0.15, 0.2) is 42.5 Å². The van der Waals surface area contributed by atoms with E-state index in [1.807, 2.05) is 12.1 Å². The third-order valence-electron chi connectivity index (χ3n) is 7.68. The van der Waals surface area contributed by atoms with Crippen LogP contribution in [0.1, 0.15) is 113 Å². The highest BCUT2D eigenvalue weighted by molar-refractivity contribution is 5.99. The van der Waals surface area contributed by atoms with Crippen LogP contribution in [0.25, 0.3) is 0 Å². The van der Waals surface area contributed by atoms with Crippen LogP contribution in [0.2, 0.25) is 0 Å². The van der Waals surface area contributed by atoms with Crippen LogP contribution < -0.4 is 0 Å². The van der Waals surface area contributed by atoms with Crippen molar-refractivity contribution in [2.45, 2.75) is 84.7 Å². The van der Waals surface area contributed by atoms with Gasteiger partial charge in [-0.1, -0.05) is 71.6 Å². The van der Waals surface area contributed by atoms with Gasteiger partial charge in [-0.3, -0.25) is 0 Å². The number of fused-ring (bicyclic) bond motifs is 1. The number of benzene rings is 3. The molecule has 0 aliphatic carbocycles. The highest BCUT2D eigenvalue weighted by Gasteiger charge is 2.51. The quantitative estimate of drug-likeness (QED) is 0.229. The molecule has 0 saturated heterocycles. The van der Waals surface area contributed by atoms with Crippen molar-refractivity contribution in [3.8, 4) is 11.5 Å². The molecule has 4 rings (SSSR count). The fourth-order valence-corrected chi connectivity index (χ4v) is 6.10. The fraction of sp³-hybridized carbons (Fsp3) is 0.394. The fourth-order valence-electron chi connectivity index (χ4n) is 6.10. The molecule has 6 heteroatoms. The molecule has 1 aliphatic heterocycles. The van der Waals surface area contributed by atoms with Gasteiger partial charge in [-0.2, -0.15) is 0 Å². The van der Waals surface area contributed by atoms with E-state index in [2.05, 4.69) is 27.7 Å². The van der Waals surface area contributed by atoms with Crippen LogP contribution in [-0.4, -0.2) is 27.3 Å². The summed E-state index contributed by atoms with van der Waals surface area (Å²) < 4.78 is 6.45. The number of hydrogen-bond acceptors (Lipinski definition) is 5. The average molecular weight is 531 g/mol. The van der Waals surface area contributed by atoms with E-state index in [4.69, 9.17) is 4.74 Å². The molecule has 0 amide bonds. The molecule has 3 N–H and O–H groups in total. The predicted octanol–water partition coefficient (Wildman–Crippen LogP) is 7.07. The van der Waals surface area contributed by atoms with Crippen LogP contribution >= 0.6 is 0 Å². The lowest BCUT2D eigenvalue weighted by molar-refractivity contribution is 0.0246. The number of phenols is 2. The lowest BCUT2D eigenvalue weighted by Gasteiger charge is -2.35. The van der Waals surface area contributed by atoms with Gasteiger partial charge in [0.2, 0.25) is 0 Å². The molecule has 3 aromatic carbocycles. The summed E-state index contributed by atoms with van der Waals surface area (Å²) in [7, 11) is 0. The molecule has 0 radical (unpaired) electrons. The Labute approximate surface area is 230 Å². The SMILES string of the molecule is CCCc1c(O)ccc(C2(c3ccc(O)c(CCC)c3CCC)OC(=O)c3cc(C(=O)O)ccc32)c1CCC. The number of cyclic esters (lactones) is 1. The van der Waals surface area contributed by atoms with E-state index >= 15 is 0 Å². The number of carboxylic acid groups (broad SMARTS) is 1. The van der Waals surface area contributed by atoms with E-state index in [0.717, 1.165) is 59.1 Å². The van der Waals surface area contributed by atoms with Crippen molar-refractivity contribution in [2.24, 2.45) is 0 Å². The highest BCUT2D eigenvalue weighted by Crippen LogP contribution is 2.52. The Morgan fingerprint density at radius 1 is 0.692 bits per heavy atom. The van der Waals surface area contributed by atoms with Gasteiger partial charge in [0.1, 0.15) is 11.5 Å². The second-order valence-corrected chi connectivity index (χ2v) is 10.3. The number of hydrogen-bond donors (Lipinski definition) is 3. The van der Waals surface area contributed by atoms with Crippen molar-refractivity contribution < 1.29 is 29.6 Å². The number of ether oxygens (including phenoxy) is 1. The number of esters is 1. The van der Waals surface area contributed by atoms with Gasteiger partial charge in [-0.15, -0.1) is 0 Å². The Bertz CT molecular complexity index is 1340. The van der Waals surface area contributed by atoms with Crippen molar-refractivity contribution in [2.75, 3.05) is 0 Å². The molecule has 6 nitrogen and oxygen atoms in total. The van der Waals surface area contributed by atoms with E-state index in [1.165, 1.54) is 12.1 Å². The number of aromatic carboxylic acids is 1. The van der Waals surface area contributed by atoms with Crippen LogP contribution in [0.4, 0.5) is 0 Å². The number of phenolic OH excluding ortho intramolecular Hbond substituents is 2. The zero-order chi connectivity index (χ0) is 28.3. The Balaban J connectivity index is 2.19. The Morgan fingerprint density at radius 3 is 1.56 bits per heavy atom. The van der Waals surface area contributed by atoms with Crippen molar-refractivity contribution in [1.29, 1.82) is 0 Å². The largest absolute Gasteiger partial charge is 0.508 e. The zero-order valence-corrected chi connectivity index (χ0v) is 23.3. The minimum atomic E-state index is -1.36. The first-order valence-corrected chi connectivity index (χ1v) is 14.0. The van der Waals surface area contributed by atoms with Gasteiger partial charge < -0.3 is 20.1 Å². The van der Waals surface area contributed by atoms with Gasteiger partial charge in [-0.25, -0.2) is 9.59 Å². The van der Waals surface area contributed by atoms with Gasteiger partial charge in [-0.05, 0) is 72.2 Å². The summed E-state index contributed by atoms with van der Waals surface area (Å²) >= 11 is 0. The first kappa shape index (κ1) is 28.2. The topological polar surface area (TPSA) is 104 Å². The summed E-state index contributed by atoms with van der Waals surface area (Å²) in [6.45, 7) is 8.28. The molecular formula is C33H38O6. The Morgan fingerprint density at radius 2 is 1.13 bits per heavy atom. The second kappa shape index (κ2) is 11.5. The maximum atomic E-state index is 13.6. The number of carbonyl (C=O) groups excluding carboxylic acids is 1. The van der Waals surface area contributed by atoms with E-state index in [-0.39, 0.29) is 22.6 Å². The molecule has 0 atom stereocenters. The first-order valence-electron chi connectivity index (χ1n) is 14.0. The van der Waals surface area contributed by atoms with Crippen molar-refractivity contribution in [1.82, 2.24) is 0 Å². The summed E-state index contributed by atoms with van der Waals surface area (Å²) in [5.74, 6) is -1.27. The lowest BCUT2D eigenvalue weighted by atomic mass is 9.73. The standard InChI is InChI=1S/C33H38O6/c1-5-9-21-23(11-7-3)29(34)17-15-26(21)33(27-16-18-30(35)24(12-8-4)22(27)10-6-2)28-14-13-20(31(36)37)19-25(28)32(38)39-33/h13-19,34-35H,5-12H2,1-4H3,(H,36,37). The van der Waals surface area contributed by atoms with Gasteiger partial charge in [0, 0.05) is 16.7 Å². The summed E-state index contributed by atoms with van der Waals surface area (Å²) in [6.07, 6.45) is 5.99. The maximum absolute atomic E-state index is 13.6. The van der Waals surface area contributed by atoms with Crippen molar-refractivity contribution >= 4 is 11.9 Å². The molecule has 39 heavy (non-hydrogen) atoms. The highest BCUT2D eigenvalue weighted by atomic mass is 16.6. The minimum absolute atomic E-state index is 0.0128. The van der Waals surface area contributed by atoms with Crippen LogP contribution in [0, 0.1) is 0 Å². The van der Waals surface area contributed by atoms with Gasteiger partial charge in [0.05, 0.1) is 11.1 Å². The van der Waals surface area contributed by atoms with Gasteiger partial charge in [0.15, 0.2) is 5.60 Å². The summed E-state index contributed by atoms with van der Waals surface area (Å²) in [5, 5.41) is 31.4. The molecule has 0 spiro atoms. The van der Waals surface area contributed by atoms with Crippen molar-refractivity contribution in [3.63, 3.8) is 0 Å². The summed E-state index contributed by atoms with van der Waals surface area (Å²) in [6, 6.07) is 11.6. The van der Waals surface area contributed by atoms with E-state index in [0.29, 0.717) is 31.2 Å². The molecule has 206 valence electrons. The van der Waals surface area contributed by atoms with E-state index in [1.54, 1.807) is 18.2 Å². The summed E-state index contributed by atoms with van der Waals surface area (Å²) in [4.78, 5) is 25.4. The third kappa shape index (κ3) is 4.77. The van der Waals surface area contributed by atoms with Crippen LogP contribution in [0.3, 0.4) is 0 Å². The molecular weight excluding hydrogens is 492 g/mol. The van der Waals surface area contributed by atoms with Crippen molar-refractivity contribution in [3.05, 3.63) is 92.5 Å². The lowest BCUT2D eigenvalue weighted by Crippen LogP contribution is -2.33. The van der Waals surface area contributed by atoms with Gasteiger partial charge >= 0.3 is 11.9 Å². The normalized spacial score (nSPS) is 13.8. The minimum Gasteiger partial charge on any atom is -0.508 e. The number of carbonyl (C=O) groups is 2. The average Bonchev–Trinajstić information content (AvgIpc) is 3.20. The van der Waals surface area contributed by atoms with Crippen LogP contribution in [0.5, 0.6) is 11.5 Å². The van der Waals surface area contributed by atoms with Gasteiger partial charge in [0.25, 0.3) is 0 Å². The molecule has 0 saturated carbocycles. The molecule has 0 unspecified atom stereocenters. The molecule has 1 aliphatic rings. The number of carboxylic acids is 1. The molecule has 0 bridgehead atoms. The second-order valence-electron chi connectivity index (χ2n) is 10.3.